The summed E-state index contributed by atoms with van der Waals surface area (Å²) in [4.78, 5) is 9.24. The maximum atomic E-state index is 9.24. The van der Waals surface area contributed by atoms with E-state index in [9.17, 15) is 4.79 Å². The van der Waals surface area contributed by atoms with Crippen molar-refractivity contribution in [3.63, 3.8) is 0 Å². The van der Waals surface area contributed by atoms with Crippen LogP contribution < -0.4 is 5.73 Å². The highest BCUT2D eigenvalue weighted by atomic mass is 79.9. The number of rotatable bonds is 1. The molecule has 3 N–H and O–H groups in total. The van der Waals surface area contributed by atoms with Crippen molar-refractivity contribution in [2.45, 2.75) is 20.8 Å². The van der Waals surface area contributed by atoms with E-state index >= 15 is 0 Å². The summed E-state index contributed by atoms with van der Waals surface area (Å²) >= 11 is 3.36. The monoisotopic (exact) mass is 275 g/mol. The van der Waals surface area contributed by atoms with Gasteiger partial charge in [0.2, 0.25) is 0 Å². The summed E-state index contributed by atoms with van der Waals surface area (Å²) in [5.74, 6) is -0.968. The first-order valence-electron chi connectivity index (χ1n) is 4.70. The number of aryl methyl sites for hydroxylation is 1. The molecule has 1 aromatic carbocycles. The lowest BCUT2D eigenvalue weighted by Gasteiger charge is -1.89. The number of carboxylic acids is 1. The molecule has 1 aromatic rings. The molecule has 0 atom stereocenters. The molecule has 15 heavy (non-hydrogen) atoms. The van der Waals surface area contributed by atoms with Gasteiger partial charge in [0.25, 0.3) is 0 Å². The third kappa shape index (κ3) is 13.1. The summed E-state index contributed by atoms with van der Waals surface area (Å²) in [7, 11) is 0. The van der Waals surface area contributed by atoms with E-state index in [0.717, 1.165) is 4.47 Å². The summed E-state index contributed by atoms with van der Waals surface area (Å²) in [6, 6.07) is 8.21. The molecular formula is C11H18BrNO2. The van der Waals surface area contributed by atoms with Gasteiger partial charge in [0.1, 0.15) is 0 Å². The molecule has 0 unspecified atom stereocenters. The fourth-order valence-electron chi connectivity index (χ4n) is 0.606. The molecule has 0 radical (unpaired) electrons. The second-order valence-electron chi connectivity index (χ2n) is 2.40. The maximum Gasteiger partial charge on any atom is 0.317 e. The zero-order chi connectivity index (χ0) is 12.3. The topological polar surface area (TPSA) is 63.3 Å². The third-order valence-corrected chi connectivity index (χ3v) is 1.65. The molecule has 0 saturated heterocycles. The van der Waals surface area contributed by atoms with Gasteiger partial charge < -0.3 is 10.8 Å². The lowest BCUT2D eigenvalue weighted by atomic mass is 10.2. The molecule has 1 rings (SSSR count). The van der Waals surface area contributed by atoms with Crippen LogP contribution >= 0.6 is 15.9 Å². The van der Waals surface area contributed by atoms with Crippen LogP contribution in [0, 0.1) is 6.92 Å². The average molecular weight is 276 g/mol. The van der Waals surface area contributed by atoms with E-state index in [1.807, 2.05) is 26.0 Å². The van der Waals surface area contributed by atoms with Gasteiger partial charge >= 0.3 is 5.97 Å². The number of benzene rings is 1. The average Bonchev–Trinajstić information content (AvgIpc) is 2.21. The number of hydrogen-bond donors (Lipinski definition) is 2. The van der Waals surface area contributed by atoms with Gasteiger partial charge in [-0.05, 0) is 19.1 Å². The van der Waals surface area contributed by atoms with E-state index in [0.29, 0.717) is 0 Å². The van der Waals surface area contributed by atoms with Crippen molar-refractivity contribution in [1.82, 2.24) is 0 Å². The van der Waals surface area contributed by atoms with Gasteiger partial charge in [-0.3, -0.25) is 4.79 Å². The second-order valence-corrected chi connectivity index (χ2v) is 3.31. The predicted octanol–water partition coefficient (Wildman–Crippen LogP) is 2.81. The molecule has 0 aliphatic heterocycles. The molecule has 0 heterocycles. The quantitative estimate of drug-likeness (QED) is 0.829. The highest BCUT2D eigenvalue weighted by Crippen LogP contribution is 2.09. The van der Waals surface area contributed by atoms with Crippen LogP contribution in [0.25, 0.3) is 0 Å². The molecule has 0 bridgehead atoms. The molecule has 0 amide bonds. The van der Waals surface area contributed by atoms with Gasteiger partial charge in [0.05, 0.1) is 6.54 Å². The number of carboxylic acid groups (broad SMARTS) is 1. The molecule has 3 nitrogen and oxygen atoms in total. The van der Waals surface area contributed by atoms with Crippen LogP contribution in [0.2, 0.25) is 0 Å². The van der Waals surface area contributed by atoms with Gasteiger partial charge in [-0.15, -0.1) is 0 Å². The molecule has 0 aromatic heterocycles. The molecule has 0 aliphatic rings. The van der Waals surface area contributed by atoms with Crippen molar-refractivity contribution in [3.8, 4) is 0 Å². The molecule has 86 valence electrons. The standard InChI is InChI=1S/C7H7Br.C2H5NO2.C2H6/c1-6-3-2-4-7(8)5-6;3-1-2(4)5;1-2/h2-5H,1H3;1,3H2,(H,4,5);1-2H3. The minimum absolute atomic E-state index is 0.278. The summed E-state index contributed by atoms with van der Waals surface area (Å²) in [5, 5.41) is 7.60. The van der Waals surface area contributed by atoms with Crippen molar-refractivity contribution in [1.29, 1.82) is 0 Å². The SMILES string of the molecule is CC.Cc1cccc(Br)c1.NCC(=O)O. The first-order chi connectivity index (χ1) is 7.06. The Morgan fingerprint density at radius 1 is 1.47 bits per heavy atom. The van der Waals surface area contributed by atoms with Crippen LogP contribution in [0.1, 0.15) is 19.4 Å². The summed E-state index contributed by atoms with van der Waals surface area (Å²) in [5.41, 5.74) is 5.86. The highest BCUT2D eigenvalue weighted by Gasteiger charge is 1.82. The smallest absolute Gasteiger partial charge is 0.317 e. The van der Waals surface area contributed by atoms with E-state index in [-0.39, 0.29) is 6.54 Å². The molecule has 4 heteroatoms. The summed E-state index contributed by atoms with van der Waals surface area (Å²) in [6.07, 6.45) is 0. The Bertz CT molecular complexity index is 260. The van der Waals surface area contributed by atoms with Crippen LogP contribution in [0.3, 0.4) is 0 Å². The third-order valence-electron chi connectivity index (χ3n) is 1.15. The number of halogens is 1. The molecule has 0 fully saturated rings. The van der Waals surface area contributed by atoms with Crippen molar-refractivity contribution in [3.05, 3.63) is 34.3 Å². The van der Waals surface area contributed by atoms with Crippen LogP contribution in [0.15, 0.2) is 28.7 Å². The zero-order valence-corrected chi connectivity index (χ0v) is 10.9. The maximum absolute atomic E-state index is 9.24. The van der Waals surface area contributed by atoms with E-state index in [2.05, 4.69) is 40.7 Å². The van der Waals surface area contributed by atoms with Crippen molar-refractivity contribution >= 4 is 21.9 Å². The molecule has 0 aliphatic carbocycles. The van der Waals surface area contributed by atoms with Gasteiger partial charge in [0, 0.05) is 4.47 Å². The summed E-state index contributed by atoms with van der Waals surface area (Å²) in [6.45, 7) is 5.80. The van der Waals surface area contributed by atoms with Crippen LogP contribution in [0.4, 0.5) is 0 Å². The van der Waals surface area contributed by atoms with Crippen molar-refractivity contribution in [2.24, 2.45) is 5.73 Å². The van der Waals surface area contributed by atoms with Crippen LogP contribution in [0.5, 0.6) is 0 Å². The Balaban J connectivity index is 0. The lowest BCUT2D eigenvalue weighted by molar-refractivity contribution is -0.135. The number of aliphatic carboxylic acids is 1. The van der Waals surface area contributed by atoms with E-state index in [4.69, 9.17) is 5.11 Å². The fourth-order valence-corrected chi connectivity index (χ4v) is 1.12. The minimum atomic E-state index is -0.968. The Morgan fingerprint density at radius 2 is 1.93 bits per heavy atom. The Hall–Kier alpha value is -0.870. The van der Waals surface area contributed by atoms with Crippen molar-refractivity contribution in [2.75, 3.05) is 6.54 Å². The summed E-state index contributed by atoms with van der Waals surface area (Å²) < 4.78 is 1.15. The van der Waals surface area contributed by atoms with Gasteiger partial charge in [-0.2, -0.15) is 0 Å². The fraction of sp³-hybridized carbons (Fsp3) is 0.364. The first kappa shape index (κ1) is 16.6. The molecule has 0 spiro atoms. The van der Waals surface area contributed by atoms with Gasteiger partial charge in [0.15, 0.2) is 0 Å². The Morgan fingerprint density at radius 3 is 2.13 bits per heavy atom. The molecular weight excluding hydrogens is 258 g/mol. The minimum Gasteiger partial charge on any atom is -0.480 e. The van der Waals surface area contributed by atoms with Gasteiger partial charge in [-0.1, -0.05) is 47.5 Å². The highest BCUT2D eigenvalue weighted by molar-refractivity contribution is 9.10. The van der Waals surface area contributed by atoms with Crippen LogP contribution in [-0.2, 0) is 4.79 Å². The Labute approximate surface area is 99.4 Å². The lowest BCUT2D eigenvalue weighted by Crippen LogP contribution is -2.10. The van der Waals surface area contributed by atoms with Crippen molar-refractivity contribution < 1.29 is 9.90 Å². The van der Waals surface area contributed by atoms with E-state index in [1.54, 1.807) is 0 Å². The second kappa shape index (κ2) is 11.2. The van der Waals surface area contributed by atoms with E-state index < -0.39 is 5.97 Å². The normalized spacial score (nSPS) is 7.80. The Kier molecular flexibility index (Phi) is 12.4. The first-order valence-corrected chi connectivity index (χ1v) is 5.49. The van der Waals surface area contributed by atoms with Crippen LogP contribution in [-0.4, -0.2) is 17.6 Å². The number of hydrogen-bond acceptors (Lipinski definition) is 2. The zero-order valence-electron chi connectivity index (χ0n) is 9.33. The predicted molar refractivity (Wildman–Crippen MR) is 66.9 cm³/mol. The number of nitrogens with two attached hydrogens (primary N) is 1. The molecule has 0 saturated carbocycles. The van der Waals surface area contributed by atoms with Gasteiger partial charge in [-0.25, -0.2) is 0 Å². The number of carbonyl (C=O) groups is 1. The van der Waals surface area contributed by atoms with E-state index in [1.165, 1.54) is 5.56 Å². The largest absolute Gasteiger partial charge is 0.480 e.